The van der Waals surface area contributed by atoms with Gasteiger partial charge in [-0.3, -0.25) is 0 Å². The third-order valence-corrected chi connectivity index (χ3v) is 4.05. The number of nitrogens with zero attached hydrogens (tertiary/aromatic N) is 4. The molecule has 0 aromatic carbocycles. The molecule has 0 aliphatic carbocycles. The van der Waals surface area contributed by atoms with E-state index in [0.29, 0.717) is 18.4 Å². The summed E-state index contributed by atoms with van der Waals surface area (Å²) in [5, 5.41) is 0. The lowest BCUT2D eigenvalue weighted by Gasteiger charge is -2.31. The summed E-state index contributed by atoms with van der Waals surface area (Å²) in [4.78, 5) is 11.3. The summed E-state index contributed by atoms with van der Waals surface area (Å²) in [6.07, 6.45) is 6.53. The van der Waals surface area contributed by atoms with Crippen molar-refractivity contribution in [2.24, 2.45) is 16.6 Å². The Balaban J connectivity index is 1.71. The van der Waals surface area contributed by atoms with Crippen LogP contribution in [0, 0.1) is 12.8 Å². The van der Waals surface area contributed by atoms with Crippen molar-refractivity contribution in [3.8, 4) is 0 Å². The molecule has 0 bridgehead atoms. The largest absolute Gasteiger partial charge is 0.370 e. The van der Waals surface area contributed by atoms with Crippen LogP contribution in [0.2, 0.25) is 0 Å². The molecule has 0 spiro atoms. The van der Waals surface area contributed by atoms with Crippen molar-refractivity contribution in [2.75, 3.05) is 13.1 Å². The van der Waals surface area contributed by atoms with E-state index >= 15 is 0 Å². The summed E-state index contributed by atoms with van der Waals surface area (Å²) >= 11 is 0. The molecule has 1 saturated heterocycles. The summed E-state index contributed by atoms with van der Waals surface area (Å²) in [5.41, 5.74) is 9.25. The van der Waals surface area contributed by atoms with Crippen LogP contribution in [0.4, 0.5) is 0 Å². The van der Waals surface area contributed by atoms with Crippen molar-refractivity contribution in [1.82, 2.24) is 14.3 Å². The number of pyridine rings is 1. The number of guanidine groups is 1. The van der Waals surface area contributed by atoms with Gasteiger partial charge in [0, 0.05) is 25.5 Å². The molecule has 0 radical (unpaired) electrons. The van der Waals surface area contributed by atoms with Gasteiger partial charge in [-0.1, -0.05) is 6.92 Å². The van der Waals surface area contributed by atoms with Crippen LogP contribution >= 0.6 is 0 Å². The molecule has 1 fully saturated rings. The van der Waals surface area contributed by atoms with Gasteiger partial charge in [0.05, 0.1) is 12.2 Å². The van der Waals surface area contributed by atoms with E-state index in [2.05, 4.69) is 40.9 Å². The van der Waals surface area contributed by atoms with Crippen molar-refractivity contribution in [1.29, 1.82) is 0 Å². The van der Waals surface area contributed by atoms with Crippen LogP contribution in [-0.2, 0) is 6.54 Å². The van der Waals surface area contributed by atoms with Gasteiger partial charge in [-0.15, -0.1) is 0 Å². The molecule has 0 saturated carbocycles. The molecule has 5 nitrogen and oxygen atoms in total. The van der Waals surface area contributed by atoms with Crippen LogP contribution in [0.1, 0.15) is 31.0 Å². The zero-order valence-corrected chi connectivity index (χ0v) is 12.8. The smallest absolute Gasteiger partial charge is 0.191 e. The Hall–Kier alpha value is -2.04. The highest BCUT2D eigenvalue weighted by Gasteiger charge is 2.17. The van der Waals surface area contributed by atoms with E-state index in [0.717, 1.165) is 24.4 Å². The van der Waals surface area contributed by atoms with Crippen molar-refractivity contribution >= 4 is 11.6 Å². The van der Waals surface area contributed by atoms with Gasteiger partial charge < -0.3 is 15.0 Å². The second-order valence-corrected chi connectivity index (χ2v) is 6.07. The first-order chi connectivity index (χ1) is 10.1. The molecule has 3 rings (SSSR count). The van der Waals surface area contributed by atoms with E-state index < -0.39 is 0 Å². The molecule has 112 valence electrons. The number of hydrogen-bond donors (Lipinski definition) is 1. The standard InChI is InChI=1S/C16H23N5/c1-12-5-7-20-11-14(19-15(20)8-12)9-18-16(17)21-6-3-4-13(2)10-21/h5,7-8,11,13H,3-4,6,9-10H2,1-2H3,(H2,17,18). The molecule has 1 atom stereocenters. The maximum Gasteiger partial charge on any atom is 0.191 e. The van der Waals surface area contributed by atoms with Crippen LogP contribution in [0.3, 0.4) is 0 Å². The monoisotopic (exact) mass is 285 g/mol. The fourth-order valence-corrected chi connectivity index (χ4v) is 2.87. The Kier molecular flexibility index (Phi) is 3.82. The summed E-state index contributed by atoms with van der Waals surface area (Å²) in [6.45, 7) is 6.91. The van der Waals surface area contributed by atoms with E-state index in [1.165, 1.54) is 18.4 Å². The summed E-state index contributed by atoms with van der Waals surface area (Å²) in [6, 6.07) is 4.15. The van der Waals surface area contributed by atoms with E-state index in [1.807, 2.05) is 16.8 Å². The van der Waals surface area contributed by atoms with Crippen molar-refractivity contribution in [3.63, 3.8) is 0 Å². The third kappa shape index (κ3) is 3.17. The minimum atomic E-state index is 0.539. The van der Waals surface area contributed by atoms with Gasteiger partial charge in [0.25, 0.3) is 0 Å². The number of aromatic nitrogens is 2. The lowest BCUT2D eigenvalue weighted by atomic mass is 10.0. The number of nitrogens with two attached hydrogens (primary N) is 1. The average molecular weight is 285 g/mol. The van der Waals surface area contributed by atoms with E-state index in [9.17, 15) is 0 Å². The maximum absolute atomic E-state index is 6.12. The summed E-state index contributed by atoms with van der Waals surface area (Å²) < 4.78 is 2.02. The second-order valence-electron chi connectivity index (χ2n) is 6.07. The summed E-state index contributed by atoms with van der Waals surface area (Å²) in [5.74, 6) is 1.35. The lowest BCUT2D eigenvalue weighted by molar-refractivity contribution is 0.270. The van der Waals surface area contributed by atoms with Gasteiger partial charge in [-0.2, -0.15) is 0 Å². The van der Waals surface area contributed by atoms with Crippen molar-refractivity contribution in [3.05, 3.63) is 35.8 Å². The normalized spacial score (nSPS) is 20.2. The number of likely N-dealkylation sites (tertiary alicyclic amines) is 1. The van der Waals surface area contributed by atoms with Crippen LogP contribution in [-0.4, -0.2) is 33.3 Å². The van der Waals surface area contributed by atoms with E-state index in [-0.39, 0.29) is 0 Å². The SMILES string of the molecule is Cc1ccn2cc(CN=C(N)N3CCCC(C)C3)nc2c1. The minimum Gasteiger partial charge on any atom is -0.370 e. The molecule has 1 aliphatic heterocycles. The van der Waals surface area contributed by atoms with Gasteiger partial charge >= 0.3 is 0 Å². The number of fused-ring (bicyclic) bond motifs is 1. The van der Waals surface area contributed by atoms with Crippen LogP contribution < -0.4 is 5.73 Å². The minimum absolute atomic E-state index is 0.539. The van der Waals surface area contributed by atoms with E-state index in [1.54, 1.807) is 0 Å². The lowest BCUT2D eigenvalue weighted by Crippen LogP contribution is -2.43. The van der Waals surface area contributed by atoms with Gasteiger partial charge in [-0.25, -0.2) is 9.98 Å². The van der Waals surface area contributed by atoms with Crippen LogP contribution in [0.5, 0.6) is 0 Å². The van der Waals surface area contributed by atoms with Gasteiger partial charge in [0.1, 0.15) is 5.65 Å². The van der Waals surface area contributed by atoms with Gasteiger partial charge in [0.2, 0.25) is 0 Å². The van der Waals surface area contributed by atoms with Gasteiger partial charge in [-0.05, 0) is 43.4 Å². The second kappa shape index (κ2) is 5.76. The highest BCUT2D eigenvalue weighted by molar-refractivity contribution is 5.78. The Morgan fingerprint density at radius 3 is 3.19 bits per heavy atom. The van der Waals surface area contributed by atoms with Crippen LogP contribution in [0.25, 0.3) is 5.65 Å². The summed E-state index contributed by atoms with van der Waals surface area (Å²) in [7, 11) is 0. The Morgan fingerprint density at radius 2 is 2.38 bits per heavy atom. The molecule has 0 amide bonds. The molecule has 1 unspecified atom stereocenters. The predicted octanol–water partition coefficient (Wildman–Crippen LogP) is 2.19. The molecule has 3 heterocycles. The Morgan fingerprint density at radius 1 is 1.52 bits per heavy atom. The molecule has 2 N–H and O–H groups in total. The molecule has 5 heteroatoms. The average Bonchev–Trinajstić information content (AvgIpc) is 2.86. The van der Waals surface area contributed by atoms with Crippen molar-refractivity contribution in [2.45, 2.75) is 33.2 Å². The predicted molar refractivity (Wildman–Crippen MR) is 85.2 cm³/mol. The molecular formula is C16H23N5. The van der Waals surface area contributed by atoms with Crippen molar-refractivity contribution < 1.29 is 0 Å². The first-order valence-electron chi connectivity index (χ1n) is 7.61. The first-order valence-corrected chi connectivity index (χ1v) is 7.61. The number of piperidine rings is 1. The molecule has 2 aromatic rings. The quantitative estimate of drug-likeness (QED) is 0.679. The topological polar surface area (TPSA) is 58.9 Å². The Bertz CT molecular complexity index is 658. The van der Waals surface area contributed by atoms with E-state index in [4.69, 9.17) is 5.73 Å². The molecule has 2 aromatic heterocycles. The molecule has 21 heavy (non-hydrogen) atoms. The number of hydrogen-bond acceptors (Lipinski definition) is 2. The Labute approximate surface area is 125 Å². The zero-order chi connectivity index (χ0) is 14.8. The first kappa shape index (κ1) is 13.9. The van der Waals surface area contributed by atoms with Gasteiger partial charge in [0.15, 0.2) is 5.96 Å². The molecular weight excluding hydrogens is 262 g/mol. The third-order valence-electron chi connectivity index (χ3n) is 4.05. The number of imidazole rings is 1. The van der Waals surface area contributed by atoms with Crippen LogP contribution in [0.15, 0.2) is 29.5 Å². The number of aliphatic imine (C=N–C) groups is 1. The maximum atomic E-state index is 6.12. The fraction of sp³-hybridized carbons (Fsp3) is 0.500. The highest BCUT2D eigenvalue weighted by atomic mass is 15.3. The fourth-order valence-electron chi connectivity index (χ4n) is 2.87. The number of aryl methyl sites for hydroxylation is 1. The number of rotatable bonds is 2. The molecule has 1 aliphatic rings. The zero-order valence-electron chi connectivity index (χ0n) is 12.8. The highest BCUT2D eigenvalue weighted by Crippen LogP contribution is 2.15.